The molecular weight excluding hydrogens is 228 g/mol. The van der Waals surface area contributed by atoms with Gasteiger partial charge in [-0.2, -0.15) is 0 Å². The minimum Gasteiger partial charge on any atom is -0.495 e. The predicted molar refractivity (Wildman–Crippen MR) is 73.8 cm³/mol. The van der Waals surface area contributed by atoms with E-state index in [0.717, 1.165) is 5.56 Å². The lowest BCUT2D eigenvalue weighted by Crippen LogP contribution is -2.45. The summed E-state index contributed by atoms with van der Waals surface area (Å²) < 4.78 is 5.21. The van der Waals surface area contributed by atoms with Gasteiger partial charge < -0.3 is 15.8 Å². The van der Waals surface area contributed by atoms with E-state index in [1.165, 1.54) is 0 Å². The fourth-order valence-electron chi connectivity index (χ4n) is 1.52. The number of rotatable bonds is 3. The minimum absolute atomic E-state index is 0.202. The van der Waals surface area contributed by atoms with Gasteiger partial charge in [-0.3, -0.25) is 4.79 Å². The highest BCUT2D eigenvalue weighted by Crippen LogP contribution is 2.26. The van der Waals surface area contributed by atoms with Crippen molar-refractivity contribution in [1.82, 2.24) is 0 Å². The summed E-state index contributed by atoms with van der Waals surface area (Å²) in [7, 11) is 1.57. The molecule has 100 valence electrons. The first-order chi connectivity index (χ1) is 8.25. The Morgan fingerprint density at radius 3 is 2.50 bits per heavy atom. The van der Waals surface area contributed by atoms with E-state index in [-0.39, 0.29) is 11.3 Å². The number of carbonyl (C=O) groups excluding carboxylic acids is 1. The zero-order valence-corrected chi connectivity index (χ0v) is 11.7. The van der Waals surface area contributed by atoms with Crippen LogP contribution in [0.4, 0.5) is 5.69 Å². The van der Waals surface area contributed by atoms with Crippen molar-refractivity contribution >= 4 is 11.6 Å². The van der Waals surface area contributed by atoms with Crippen LogP contribution in [-0.4, -0.2) is 19.1 Å². The Bertz CT molecular complexity index is 436. The predicted octanol–water partition coefficient (Wildman–Crippen LogP) is 2.32. The Kier molecular flexibility index (Phi) is 4.35. The molecular formula is C14H22N2O2. The van der Waals surface area contributed by atoms with Crippen molar-refractivity contribution in [3.05, 3.63) is 23.8 Å². The maximum Gasteiger partial charge on any atom is 0.241 e. The largest absolute Gasteiger partial charge is 0.495 e. The first kappa shape index (κ1) is 14.5. The zero-order valence-electron chi connectivity index (χ0n) is 11.7. The number of methoxy groups -OCH3 is 1. The molecule has 18 heavy (non-hydrogen) atoms. The molecule has 3 N–H and O–H groups in total. The van der Waals surface area contributed by atoms with Crippen LogP contribution in [0.1, 0.15) is 26.3 Å². The fraction of sp³-hybridized carbons (Fsp3) is 0.500. The van der Waals surface area contributed by atoms with Gasteiger partial charge in [-0.1, -0.05) is 26.8 Å². The molecule has 1 aromatic rings. The van der Waals surface area contributed by atoms with Crippen LogP contribution in [0.15, 0.2) is 18.2 Å². The molecule has 0 aliphatic rings. The molecule has 0 radical (unpaired) electrons. The zero-order chi connectivity index (χ0) is 13.9. The molecule has 0 spiro atoms. The maximum atomic E-state index is 12.0. The topological polar surface area (TPSA) is 64.3 Å². The Hall–Kier alpha value is -1.55. The summed E-state index contributed by atoms with van der Waals surface area (Å²) in [5, 5.41) is 2.82. The molecule has 1 rings (SSSR count). The van der Waals surface area contributed by atoms with Crippen molar-refractivity contribution in [3.8, 4) is 5.75 Å². The molecule has 1 atom stereocenters. The van der Waals surface area contributed by atoms with E-state index >= 15 is 0 Å². The van der Waals surface area contributed by atoms with E-state index in [1.54, 1.807) is 7.11 Å². The van der Waals surface area contributed by atoms with Gasteiger partial charge >= 0.3 is 0 Å². The van der Waals surface area contributed by atoms with Gasteiger partial charge in [0.2, 0.25) is 5.91 Å². The van der Waals surface area contributed by atoms with Crippen molar-refractivity contribution in [2.24, 2.45) is 11.1 Å². The number of amides is 1. The van der Waals surface area contributed by atoms with Crippen LogP contribution in [0.5, 0.6) is 5.75 Å². The van der Waals surface area contributed by atoms with Crippen LogP contribution in [-0.2, 0) is 4.79 Å². The lowest BCUT2D eigenvalue weighted by molar-refractivity contribution is -0.119. The number of aryl methyl sites for hydroxylation is 1. The Balaban J connectivity index is 2.91. The Labute approximate surface area is 109 Å². The van der Waals surface area contributed by atoms with Gasteiger partial charge in [0.15, 0.2) is 0 Å². The number of hydrogen-bond donors (Lipinski definition) is 2. The number of hydrogen-bond acceptors (Lipinski definition) is 3. The third-order valence-corrected chi connectivity index (χ3v) is 2.83. The van der Waals surface area contributed by atoms with E-state index in [9.17, 15) is 4.79 Å². The number of carbonyl (C=O) groups is 1. The van der Waals surface area contributed by atoms with Crippen LogP contribution in [0.25, 0.3) is 0 Å². The first-order valence-corrected chi connectivity index (χ1v) is 5.97. The van der Waals surface area contributed by atoms with E-state index in [0.29, 0.717) is 11.4 Å². The lowest BCUT2D eigenvalue weighted by atomic mass is 9.87. The van der Waals surface area contributed by atoms with Crippen molar-refractivity contribution in [3.63, 3.8) is 0 Å². The summed E-state index contributed by atoms with van der Waals surface area (Å²) in [5.41, 5.74) is 7.35. The van der Waals surface area contributed by atoms with Crippen molar-refractivity contribution in [2.75, 3.05) is 12.4 Å². The average molecular weight is 250 g/mol. The summed E-state index contributed by atoms with van der Waals surface area (Å²) in [6, 6.07) is 5.06. The maximum absolute atomic E-state index is 12.0. The van der Waals surface area contributed by atoms with E-state index in [4.69, 9.17) is 10.5 Å². The molecule has 1 unspecified atom stereocenters. The van der Waals surface area contributed by atoms with Gasteiger partial charge in [0.1, 0.15) is 5.75 Å². The summed E-state index contributed by atoms with van der Waals surface area (Å²) in [6.45, 7) is 7.76. The molecule has 0 fully saturated rings. The second-order valence-electron chi connectivity index (χ2n) is 5.54. The number of benzene rings is 1. The molecule has 0 bridgehead atoms. The molecule has 4 nitrogen and oxygen atoms in total. The number of nitrogens with two attached hydrogens (primary N) is 1. The summed E-state index contributed by atoms with van der Waals surface area (Å²) in [5.74, 6) is 0.432. The average Bonchev–Trinajstić information content (AvgIpc) is 2.27. The number of nitrogens with one attached hydrogen (secondary N) is 1. The van der Waals surface area contributed by atoms with Crippen LogP contribution in [0, 0.1) is 12.3 Å². The molecule has 0 aliphatic carbocycles. The van der Waals surface area contributed by atoms with Crippen molar-refractivity contribution in [2.45, 2.75) is 33.7 Å². The van der Waals surface area contributed by atoms with Crippen molar-refractivity contribution in [1.29, 1.82) is 0 Å². The second-order valence-corrected chi connectivity index (χ2v) is 5.54. The molecule has 1 aromatic carbocycles. The number of anilines is 1. The molecule has 0 heterocycles. The summed E-state index contributed by atoms with van der Waals surface area (Å²) >= 11 is 0. The fourth-order valence-corrected chi connectivity index (χ4v) is 1.52. The standard InChI is InChI=1S/C14H22N2O2/c1-9-6-7-11(18-5)10(8-9)16-13(17)12(15)14(2,3)4/h6-8,12H,15H2,1-5H3,(H,16,17). The Morgan fingerprint density at radius 1 is 1.39 bits per heavy atom. The van der Waals surface area contributed by atoms with Gasteiger partial charge in [-0.05, 0) is 30.0 Å². The smallest absolute Gasteiger partial charge is 0.241 e. The van der Waals surface area contributed by atoms with Crippen LogP contribution in [0.3, 0.4) is 0 Å². The van der Waals surface area contributed by atoms with E-state index in [1.807, 2.05) is 45.9 Å². The molecule has 0 aliphatic heterocycles. The quantitative estimate of drug-likeness (QED) is 0.865. The second kappa shape index (κ2) is 5.40. The molecule has 0 aromatic heterocycles. The van der Waals surface area contributed by atoms with Gasteiger partial charge in [-0.15, -0.1) is 0 Å². The normalized spacial score (nSPS) is 13.0. The summed E-state index contributed by atoms with van der Waals surface area (Å²) in [6.07, 6.45) is 0. The minimum atomic E-state index is -0.567. The molecule has 0 saturated carbocycles. The third kappa shape index (κ3) is 3.47. The van der Waals surface area contributed by atoms with Crippen molar-refractivity contribution < 1.29 is 9.53 Å². The van der Waals surface area contributed by atoms with Crippen LogP contribution in [0.2, 0.25) is 0 Å². The van der Waals surface area contributed by atoms with Gasteiger partial charge in [0.25, 0.3) is 0 Å². The van der Waals surface area contributed by atoms with Crippen LogP contribution >= 0.6 is 0 Å². The lowest BCUT2D eigenvalue weighted by Gasteiger charge is -2.26. The first-order valence-electron chi connectivity index (χ1n) is 5.97. The highest BCUT2D eigenvalue weighted by Gasteiger charge is 2.27. The van der Waals surface area contributed by atoms with E-state index in [2.05, 4.69) is 5.32 Å². The number of ether oxygens (including phenoxy) is 1. The van der Waals surface area contributed by atoms with Crippen LogP contribution < -0.4 is 15.8 Å². The van der Waals surface area contributed by atoms with Gasteiger partial charge in [0, 0.05) is 0 Å². The highest BCUT2D eigenvalue weighted by atomic mass is 16.5. The third-order valence-electron chi connectivity index (χ3n) is 2.83. The summed E-state index contributed by atoms with van der Waals surface area (Å²) in [4.78, 5) is 12.0. The van der Waals surface area contributed by atoms with Gasteiger partial charge in [-0.25, -0.2) is 0 Å². The Morgan fingerprint density at radius 2 is 2.00 bits per heavy atom. The molecule has 1 amide bonds. The molecule has 4 heteroatoms. The SMILES string of the molecule is COc1ccc(C)cc1NC(=O)C(N)C(C)(C)C. The highest BCUT2D eigenvalue weighted by molar-refractivity contribution is 5.96. The van der Waals surface area contributed by atoms with Gasteiger partial charge in [0.05, 0.1) is 18.8 Å². The molecule has 0 saturated heterocycles. The van der Waals surface area contributed by atoms with E-state index < -0.39 is 6.04 Å². The monoisotopic (exact) mass is 250 g/mol.